The van der Waals surface area contributed by atoms with Crippen LogP contribution in [0.15, 0.2) is 41.1 Å². The number of halogens is 2. The van der Waals surface area contributed by atoms with Crippen LogP contribution in [-0.4, -0.2) is 10.9 Å². The van der Waals surface area contributed by atoms with Crippen molar-refractivity contribution >= 4 is 33.2 Å². The van der Waals surface area contributed by atoms with Crippen molar-refractivity contribution in [2.45, 2.75) is 0 Å². The summed E-state index contributed by atoms with van der Waals surface area (Å²) in [6, 6.07) is 5.82. The highest BCUT2D eigenvalue weighted by Gasteiger charge is 2.10. The van der Waals surface area contributed by atoms with Crippen molar-refractivity contribution in [2.75, 3.05) is 11.1 Å². The van der Waals surface area contributed by atoms with E-state index in [0.717, 1.165) is 0 Å². The van der Waals surface area contributed by atoms with E-state index in [0.29, 0.717) is 15.7 Å². The number of nitrogens with one attached hydrogen (secondary N) is 1. The fourth-order valence-corrected chi connectivity index (χ4v) is 1.63. The van der Waals surface area contributed by atoms with E-state index in [4.69, 9.17) is 5.73 Å². The molecule has 0 radical (unpaired) electrons. The molecule has 1 heterocycles. The molecule has 6 heteroatoms. The molecule has 0 aliphatic carbocycles. The number of nitrogen functional groups attached to an aromatic ring is 1. The summed E-state index contributed by atoms with van der Waals surface area (Å²) in [5, 5.41) is 2.56. The van der Waals surface area contributed by atoms with Crippen LogP contribution >= 0.6 is 15.9 Å². The third kappa shape index (κ3) is 2.65. The summed E-state index contributed by atoms with van der Waals surface area (Å²) in [4.78, 5) is 15.7. The molecule has 0 bridgehead atoms. The number of anilines is 2. The lowest BCUT2D eigenvalue weighted by atomic mass is 10.2. The van der Waals surface area contributed by atoms with Gasteiger partial charge in [-0.05, 0) is 40.2 Å². The van der Waals surface area contributed by atoms with E-state index < -0.39 is 11.7 Å². The first-order chi connectivity index (χ1) is 8.58. The van der Waals surface area contributed by atoms with Gasteiger partial charge in [0.1, 0.15) is 5.82 Å². The second-order valence-electron chi connectivity index (χ2n) is 3.55. The fraction of sp³-hybridized carbons (Fsp3) is 0. The van der Waals surface area contributed by atoms with Gasteiger partial charge in [0, 0.05) is 11.9 Å². The molecule has 2 aromatic rings. The number of carbonyl (C=O) groups is 1. The van der Waals surface area contributed by atoms with E-state index in [-0.39, 0.29) is 5.69 Å². The van der Waals surface area contributed by atoms with Crippen molar-refractivity contribution in [1.29, 1.82) is 0 Å². The summed E-state index contributed by atoms with van der Waals surface area (Å²) < 4.78 is 13.6. The Kier molecular flexibility index (Phi) is 3.57. The molecule has 0 saturated heterocycles. The van der Waals surface area contributed by atoms with Crippen molar-refractivity contribution in [1.82, 2.24) is 4.98 Å². The summed E-state index contributed by atoms with van der Waals surface area (Å²) in [5.41, 5.74) is 6.55. The highest BCUT2D eigenvalue weighted by atomic mass is 79.9. The average Bonchev–Trinajstić information content (AvgIpc) is 2.34. The van der Waals surface area contributed by atoms with E-state index in [9.17, 15) is 9.18 Å². The molecular formula is C12H9BrFN3O. The number of rotatable bonds is 2. The van der Waals surface area contributed by atoms with Crippen LogP contribution in [-0.2, 0) is 0 Å². The van der Waals surface area contributed by atoms with Crippen LogP contribution in [0.2, 0.25) is 0 Å². The predicted octanol–water partition coefficient (Wildman–Crippen LogP) is 2.82. The van der Waals surface area contributed by atoms with Gasteiger partial charge in [0.15, 0.2) is 0 Å². The molecule has 0 unspecified atom stereocenters. The molecule has 1 aromatic carbocycles. The molecule has 0 atom stereocenters. The van der Waals surface area contributed by atoms with Gasteiger partial charge in [-0.25, -0.2) is 4.39 Å². The monoisotopic (exact) mass is 309 g/mol. The number of aromatic nitrogens is 1. The molecule has 3 N–H and O–H groups in total. The molecule has 2 rings (SSSR count). The maximum absolute atomic E-state index is 13.3. The van der Waals surface area contributed by atoms with E-state index in [1.54, 1.807) is 6.07 Å². The Hall–Kier alpha value is -1.95. The highest BCUT2D eigenvalue weighted by Crippen LogP contribution is 2.20. The van der Waals surface area contributed by atoms with Crippen LogP contribution in [0, 0.1) is 5.82 Å². The Labute approximate surface area is 111 Å². The van der Waals surface area contributed by atoms with Crippen molar-refractivity contribution in [3.8, 4) is 0 Å². The zero-order valence-electron chi connectivity index (χ0n) is 9.15. The fourth-order valence-electron chi connectivity index (χ4n) is 1.39. The van der Waals surface area contributed by atoms with Gasteiger partial charge in [0.05, 0.1) is 21.9 Å². The maximum atomic E-state index is 13.3. The largest absolute Gasteiger partial charge is 0.397 e. The Morgan fingerprint density at radius 3 is 2.83 bits per heavy atom. The van der Waals surface area contributed by atoms with Crippen molar-refractivity contribution in [3.63, 3.8) is 0 Å². The average molecular weight is 310 g/mol. The molecule has 0 spiro atoms. The molecule has 0 aliphatic rings. The SMILES string of the molecule is Nc1cnccc1C(=O)Nc1ccc(Br)c(F)c1. The van der Waals surface area contributed by atoms with Gasteiger partial charge in [-0.15, -0.1) is 0 Å². The van der Waals surface area contributed by atoms with Crippen LogP contribution in [0.1, 0.15) is 10.4 Å². The minimum absolute atomic E-state index is 0.271. The van der Waals surface area contributed by atoms with Crippen LogP contribution in [0.25, 0.3) is 0 Å². The van der Waals surface area contributed by atoms with Crippen LogP contribution in [0.4, 0.5) is 15.8 Å². The Morgan fingerprint density at radius 1 is 1.39 bits per heavy atom. The molecule has 0 fully saturated rings. The van der Waals surface area contributed by atoms with Crippen molar-refractivity contribution in [3.05, 3.63) is 52.5 Å². The number of pyridine rings is 1. The van der Waals surface area contributed by atoms with E-state index in [2.05, 4.69) is 26.2 Å². The first-order valence-electron chi connectivity index (χ1n) is 5.04. The van der Waals surface area contributed by atoms with E-state index in [1.165, 1.54) is 30.6 Å². The lowest BCUT2D eigenvalue weighted by Gasteiger charge is -2.07. The van der Waals surface area contributed by atoms with Gasteiger partial charge in [-0.2, -0.15) is 0 Å². The quantitative estimate of drug-likeness (QED) is 0.896. The Morgan fingerprint density at radius 2 is 2.17 bits per heavy atom. The van der Waals surface area contributed by atoms with E-state index >= 15 is 0 Å². The third-order valence-corrected chi connectivity index (χ3v) is 2.92. The Balaban J connectivity index is 2.22. The molecule has 1 amide bonds. The third-order valence-electron chi connectivity index (χ3n) is 2.27. The summed E-state index contributed by atoms with van der Waals surface area (Å²) in [6.45, 7) is 0. The van der Waals surface area contributed by atoms with Gasteiger partial charge in [-0.3, -0.25) is 9.78 Å². The smallest absolute Gasteiger partial charge is 0.257 e. The van der Waals surface area contributed by atoms with Gasteiger partial charge in [0.25, 0.3) is 5.91 Å². The number of amides is 1. The number of hydrogen-bond donors (Lipinski definition) is 2. The van der Waals surface area contributed by atoms with Crippen LogP contribution in [0.3, 0.4) is 0 Å². The topological polar surface area (TPSA) is 68.0 Å². The normalized spacial score (nSPS) is 10.1. The number of benzene rings is 1. The lowest BCUT2D eigenvalue weighted by Crippen LogP contribution is -2.14. The zero-order chi connectivity index (χ0) is 13.1. The first kappa shape index (κ1) is 12.5. The molecule has 0 aliphatic heterocycles. The van der Waals surface area contributed by atoms with Gasteiger partial charge >= 0.3 is 0 Å². The van der Waals surface area contributed by atoms with Gasteiger partial charge < -0.3 is 11.1 Å². The molecular weight excluding hydrogens is 301 g/mol. The number of nitrogens with zero attached hydrogens (tertiary/aromatic N) is 1. The molecule has 0 saturated carbocycles. The molecule has 1 aromatic heterocycles. The second kappa shape index (κ2) is 5.14. The second-order valence-corrected chi connectivity index (χ2v) is 4.40. The van der Waals surface area contributed by atoms with Gasteiger partial charge in [0.2, 0.25) is 0 Å². The first-order valence-corrected chi connectivity index (χ1v) is 5.83. The van der Waals surface area contributed by atoms with Crippen LogP contribution < -0.4 is 11.1 Å². The zero-order valence-corrected chi connectivity index (χ0v) is 10.7. The van der Waals surface area contributed by atoms with E-state index in [1.807, 2.05) is 0 Å². The molecule has 4 nitrogen and oxygen atoms in total. The highest BCUT2D eigenvalue weighted by molar-refractivity contribution is 9.10. The number of nitrogens with two attached hydrogens (primary N) is 1. The maximum Gasteiger partial charge on any atom is 0.257 e. The molecule has 92 valence electrons. The minimum atomic E-state index is -0.449. The van der Waals surface area contributed by atoms with Crippen LogP contribution in [0.5, 0.6) is 0 Å². The number of hydrogen-bond acceptors (Lipinski definition) is 3. The minimum Gasteiger partial charge on any atom is -0.397 e. The van der Waals surface area contributed by atoms with Crippen molar-refractivity contribution in [2.24, 2.45) is 0 Å². The summed E-state index contributed by atoms with van der Waals surface area (Å²) in [7, 11) is 0. The molecule has 18 heavy (non-hydrogen) atoms. The lowest BCUT2D eigenvalue weighted by molar-refractivity contribution is 0.102. The van der Waals surface area contributed by atoms with Gasteiger partial charge in [-0.1, -0.05) is 0 Å². The van der Waals surface area contributed by atoms with Crippen molar-refractivity contribution < 1.29 is 9.18 Å². The summed E-state index contributed by atoms with van der Waals surface area (Å²) in [5.74, 6) is -0.855. The number of carbonyl (C=O) groups excluding carboxylic acids is 1. The predicted molar refractivity (Wildman–Crippen MR) is 70.7 cm³/mol. The summed E-state index contributed by atoms with van der Waals surface area (Å²) >= 11 is 3.04. The Bertz CT molecular complexity index is 604. The summed E-state index contributed by atoms with van der Waals surface area (Å²) in [6.07, 6.45) is 2.85. The standard InChI is InChI=1S/C12H9BrFN3O/c13-9-2-1-7(5-10(9)14)17-12(18)8-3-4-16-6-11(8)15/h1-6H,15H2,(H,17,18).